The van der Waals surface area contributed by atoms with Crippen molar-refractivity contribution < 1.29 is 4.74 Å². The van der Waals surface area contributed by atoms with E-state index in [1.807, 2.05) is 0 Å². The molecular formula is C13H18N2O. The van der Waals surface area contributed by atoms with Crippen LogP contribution in [0.4, 0.5) is 0 Å². The van der Waals surface area contributed by atoms with Crippen molar-refractivity contribution >= 4 is 6.02 Å². The minimum Gasteiger partial charge on any atom is -0.463 e. The third-order valence-corrected chi connectivity index (χ3v) is 2.86. The van der Waals surface area contributed by atoms with Gasteiger partial charge in [-0.25, -0.2) is 4.99 Å². The molecule has 1 aromatic carbocycles. The predicted molar refractivity (Wildman–Crippen MR) is 65.5 cm³/mol. The fourth-order valence-electron chi connectivity index (χ4n) is 1.88. The Bertz CT molecular complexity index is 370. The van der Waals surface area contributed by atoms with Gasteiger partial charge in [0.25, 0.3) is 6.02 Å². The fraction of sp³-hybridized carbons (Fsp3) is 0.462. The molecule has 0 aromatic heterocycles. The molecule has 86 valence electrons. The van der Waals surface area contributed by atoms with Crippen LogP contribution in [0.3, 0.4) is 0 Å². The van der Waals surface area contributed by atoms with Gasteiger partial charge >= 0.3 is 0 Å². The largest absolute Gasteiger partial charge is 0.463 e. The summed E-state index contributed by atoms with van der Waals surface area (Å²) in [6, 6.07) is 9.32. The summed E-state index contributed by atoms with van der Waals surface area (Å²) in [5.74, 6) is 0. The second kappa shape index (κ2) is 5.01. The van der Waals surface area contributed by atoms with Crippen LogP contribution in [-0.2, 0) is 11.2 Å². The number of hydrogen-bond donors (Lipinski definition) is 1. The van der Waals surface area contributed by atoms with Crippen molar-refractivity contribution in [3.8, 4) is 0 Å². The summed E-state index contributed by atoms with van der Waals surface area (Å²) in [4.78, 5) is 4.21. The van der Waals surface area contributed by atoms with E-state index in [-0.39, 0.29) is 6.04 Å². The van der Waals surface area contributed by atoms with Crippen LogP contribution in [0.1, 0.15) is 24.0 Å². The molecule has 0 fully saturated rings. The minimum atomic E-state index is 0.269. The van der Waals surface area contributed by atoms with E-state index < -0.39 is 0 Å². The van der Waals surface area contributed by atoms with Gasteiger partial charge in [0, 0.05) is 0 Å². The van der Waals surface area contributed by atoms with E-state index in [0.29, 0.717) is 12.6 Å². The van der Waals surface area contributed by atoms with Gasteiger partial charge in [0.2, 0.25) is 0 Å². The number of nitrogens with two attached hydrogens (primary N) is 1. The van der Waals surface area contributed by atoms with Crippen molar-refractivity contribution in [1.29, 1.82) is 0 Å². The molecule has 1 heterocycles. The van der Waals surface area contributed by atoms with Crippen LogP contribution in [-0.4, -0.2) is 18.7 Å². The van der Waals surface area contributed by atoms with Crippen molar-refractivity contribution in [2.45, 2.75) is 32.2 Å². The Kier molecular flexibility index (Phi) is 3.44. The maximum Gasteiger partial charge on any atom is 0.282 e. The van der Waals surface area contributed by atoms with E-state index in [9.17, 15) is 0 Å². The van der Waals surface area contributed by atoms with Crippen LogP contribution in [0.25, 0.3) is 0 Å². The molecule has 0 radical (unpaired) electrons. The van der Waals surface area contributed by atoms with Crippen LogP contribution < -0.4 is 5.73 Å². The van der Waals surface area contributed by atoms with Crippen LogP contribution in [0, 0.1) is 6.92 Å². The topological polar surface area (TPSA) is 47.6 Å². The molecule has 2 N–H and O–H groups in total. The van der Waals surface area contributed by atoms with Gasteiger partial charge in [-0.3, -0.25) is 0 Å². The fourth-order valence-corrected chi connectivity index (χ4v) is 1.88. The zero-order valence-corrected chi connectivity index (χ0v) is 9.65. The van der Waals surface area contributed by atoms with Crippen molar-refractivity contribution in [3.63, 3.8) is 0 Å². The van der Waals surface area contributed by atoms with Gasteiger partial charge in [-0.2, -0.15) is 0 Å². The summed E-state index contributed by atoms with van der Waals surface area (Å²) in [5, 5.41) is 0. The Morgan fingerprint density at radius 2 is 2.12 bits per heavy atom. The number of aliphatic imine (C=N–C) groups is 1. The molecule has 3 heteroatoms. The predicted octanol–water partition coefficient (Wildman–Crippen LogP) is 2.03. The van der Waals surface area contributed by atoms with E-state index >= 15 is 0 Å². The molecule has 3 nitrogen and oxygen atoms in total. The summed E-state index contributed by atoms with van der Waals surface area (Å²) >= 11 is 0. The lowest BCUT2D eigenvalue weighted by atomic mass is 10.0. The van der Waals surface area contributed by atoms with Crippen molar-refractivity contribution in [2.24, 2.45) is 10.7 Å². The minimum absolute atomic E-state index is 0.269. The molecule has 0 spiro atoms. The van der Waals surface area contributed by atoms with Gasteiger partial charge in [0.05, 0.1) is 6.04 Å². The van der Waals surface area contributed by atoms with Crippen LogP contribution in [0.2, 0.25) is 0 Å². The molecule has 0 bridgehead atoms. The van der Waals surface area contributed by atoms with Gasteiger partial charge in [-0.05, 0) is 31.7 Å². The highest BCUT2D eigenvalue weighted by molar-refractivity contribution is 5.72. The number of aryl methyl sites for hydroxylation is 2. The van der Waals surface area contributed by atoms with E-state index in [4.69, 9.17) is 10.5 Å². The Hall–Kier alpha value is -1.51. The Balaban J connectivity index is 1.74. The molecule has 2 rings (SSSR count). The first-order valence-electron chi connectivity index (χ1n) is 5.75. The van der Waals surface area contributed by atoms with Gasteiger partial charge in [0.15, 0.2) is 0 Å². The first-order valence-corrected chi connectivity index (χ1v) is 5.75. The molecule has 1 aliphatic heterocycles. The molecule has 0 amide bonds. The van der Waals surface area contributed by atoms with Crippen LogP contribution in [0.15, 0.2) is 29.3 Å². The van der Waals surface area contributed by atoms with Gasteiger partial charge < -0.3 is 10.5 Å². The highest BCUT2D eigenvalue weighted by Crippen LogP contribution is 2.12. The first-order chi connectivity index (χ1) is 7.74. The second-order valence-electron chi connectivity index (χ2n) is 4.31. The van der Waals surface area contributed by atoms with Crippen molar-refractivity contribution in [2.75, 3.05) is 6.61 Å². The molecule has 0 unspecified atom stereocenters. The maximum atomic E-state index is 5.45. The number of rotatable bonds is 4. The Labute approximate surface area is 96.3 Å². The van der Waals surface area contributed by atoms with Crippen LogP contribution >= 0.6 is 0 Å². The van der Waals surface area contributed by atoms with Crippen LogP contribution in [0.5, 0.6) is 0 Å². The average Bonchev–Trinajstić information content (AvgIpc) is 2.67. The number of nitrogens with zero attached hydrogens (tertiary/aromatic N) is 1. The quantitative estimate of drug-likeness (QED) is 0.840. The SMILES string of the molecule is Cc1ccc(CCC[C@H]2COC(N)=N2)cc1. The summed E-state index contributed by atoms with van der Waals surface area (Å²) in [6.07, 6.45) is 3.29. The number of amidine groups is 1. The summed E-state index contributed by atoms with van der Waals surface area (Å²) < 4.78 is 5.11. The molecular weight excluding hydrogens is 200 g/mol. The van der Waals surface area contributed by atoms with Gasteiger partial charge in [0.1, 0.15) is 6.61 Å². The van der Waals surface area contributed by atoms with E-state index in [1.54, 1.807) is 0 Å². The molecule has 0 aliphatic carbocycles. The number of benzene rings is 1. The molecule has 0 saturated heterocycles. The zero-order chi connectivity index (χ0) is 11.4. The number of hydrogen-bond acceptors (Lipinski definition) is 3. The maximum absolute atomic E-state index is 5.45. The second-order valence-corrected chi connectivity index (χ2v) is 4.31. The summed E-state index contributed by atoms with van der Waals surface area (Å²) in [7, 11) is 0. The summed E-state index contributed by atoms with van der Waals surface area (Å²) in [6.45, 7) is 2.76. The zero-order valence-electron chi connectivity index (χ0n) is 9.65. The Morgan fingerprint density at radius 1 is 1.38 bits per heavy atom. The summed E-state index contributed by atoms with van der Waals surface area (Å²) in [5.41, 5.74) is 8.15. The lowest BCUT2D eigenvalue weighted by molar-refractivity contribution is 0.306. The van der Waals surface area contributed by atoms with Gasteiger partial charge in [-0.15, -0.1) is 0 Å². The van der Waals surface area contributed by atoms with E-state index in [1.165, 1.54) is 11.1 Å². The molecule has 0 saturated carbocycles. The molecule has 16 heavy (non-hydrogen) atoms. The number of ether oxygens (including phenoxy) is 1. The van der Waals surface area contributed by atoms with Crippen molar-refractivity contribution in [1.82, 2.24) is 0 Å². The van der Waals surface area contributed by atoms with E-state index in [2.05, 4.69) is 36.2 Å². The Morgan fingerprint density at radius 3 is 2.75 bits per heavy atom. The lowest BCUT2D eigenvalue weighted by Gasteiger charge is -2.05. The first kappa shape index (κ1) is 11.0. The molecule has 1 aromatic rings. The lowest BCUT2D eigenvalue weighted by Crippen LogP contribution is -2.10. The highest BCUT2D eigenvalue weighted by Gasteiger charge is 2.15. The molecule has 1 atom stereocenters. The van der Waals surface area contributed by atoms with Gasteiger partial charge in [-0.1, -0.05) is 29.8 Å². The van der Waals surface area contributed by atoms with Crippen molar-refractivity contribution in [3.05, 3.63) is 35.4 Å². The van der Waals surface area contributed by atoms with E-state index in [0.717, 1.165) is 19.3 Å². The normalized spacial score (nSPS) is 19.3. The third-order valence-electron chi connectivity index (χ3n) is 2.86. The monoisotopic (exact) mass is 218 g/mol. The highest BCUT2D eigenvalue weighted by atomic mass is 16.5. The third kappa shape index (κ3) is 2.99. The standard InChI is InChI=1S/C13H18N2O/c1-10-5-7-11(8-6-10)3-2-4-12-9-16-13(14)15-12/h5-8,12H,2-4,9H2,1H3,(H2,14,15)/t12-/m0/s1. The molecule has 1 aliphatic rings. The average molecular weight is 218 g/mol. The smallest absolute Gasteiger partial charge is 0.282 e.